The molecule has 2 heterocycles. The molecular formula is C14H22N4O3. The number of carbonyl (C=O) groups is 1. The molecule has 1 amide bonds. The average molecular weight is 294 g/mol. The van der Waals surface area contributed by atoms with Crippen LogP contribution in [0.15, 0.2) is 0 Å². The van der Waals surface area contributed by atoms with Crippen molar-refractivity contribution in [2.75, 3.05) is 24.7 Å². The third-order valence-electron chi connectivity index (χ3n) is 4.10. The average Bonchev–Trinajstić information content (AvgIpc) is 3.22. The SMILES string of the molecule is Cc1nn(C)c(N2CCOCC2C(=O)NC2CC2)c1CO. The first kappa shape index (κ1) is 14.3. The summed E-state index contributed by atoms with van der Waals surface area (Å²) in [6, 6.07) is -0.0358. The first-order valence-corrected chi connectivity index (χ1v) is 7.40. The fourth-order valence-electron chi connectivity index (χ4n) is 2.83. The molecule has 1 aliphatic carbocycles. The molecule has 0 aromatic carbocycles. The van der Waals surface area contributed by atoms with E-state index in [2.05, 4.69) is 10.4 Å². The maximum atomic E-state index is 12.4. The van der Waals surface area contributed by atoms with Gasteiger partial charge in [-0.15, -0.1) is 0 Å². The molecule has 21 heavy (non-hydrogen) atoms. The van der Waals surface area contributed by atoms with Crippen LogP contribution in [0, 0.1) is 6.92 Å². The molecule has 7 heteroatoms. The topological polar surface area (TPSA) is 79.6 Å². The molecule has 0 bridgehead atoms. The van der Waals surface area contributed by atoms with E-state index in [9.17, 15) is 9.90 Å². The van der Waals surface area contributed by atoms with E-state index in [1.54, 1.807) is 4.68 Å². The van der Waals surface area contributed by atoms with Crippen molar-refractivity contribution in [3.63, 3.8) is 0 Å². The smallest absolute Gasteiger partial charge is 0.245 e. The van der Waals surface area contributed by atoms with Crippen LogP contribution in [0.4, 0.5) is 5.82 Å². The Morgan fingerprint density at radius 3 is 2.95 bits per heavy atom. The van der Waals surface area contributed by atoms with Gasteiger partial charge < -0.3 is 20.1 Å². The van der Waals surface area contributed by atoms with Gasteiger partial charge >= 0.3 is 0 Å². The molecule has 1 unspecified atom stereocenters. The monoisotopic (exact) mass is 294 g/mol. The molecule has 1 aromatic rings. The lowest BCUT2D eigenvalue weighted by Crippen LogP contribution is -2.55. The van der Waals surface area contributed by atoms with Crippen molar-refractivity contribution in [2.24, 2.45) is 7.05 Å². The van der Waals surface area contributed by atoms with Crippen molar-refractivity contribution < 1.29 is 14.6 Å². The van der Waals surface area contributed by atoms with Crippen LogP contribution in [0.25, 0.3) is 0 Å². The molecule has 2 N–H and O–H groups in total. The number of rotatable bonds is 4. The summed E-state index contributed by atoms with van der Waals surface area (Å²) in [6.07, 6.45) is 2.12. The molecule has 1 saturated heterocycles. The molecule has 116 valence electrons. The summed E-state index contributed by atoms with van der Waals surface area (Å²) in [6.45, 7) is 3.35. The number of anilines is 1. The lowest BCUT2D eigenvalue weighted by molar-refractivity contribution is -0.124. The Labute approximate surface area is 123 Å². The summed E-state index contributed by atoms with van der Waals surface area (Å²) in [5.74, 6) is 0.814. The van der Waals surface area contributed by atoms with Gasteiger partial charge in [0.1, 0.15) is 11.9 Å². The quantitative estimate of drug-likeness (QED) is 0.797. The van der Waals surface area contributed by atoms with Gasteiger partial charge in [-0.3, -0.25) is 9.48 Å². The Bertz CT molecular complexity index is 539. The Balaban J connectivity index is 1.88. The molecular weight excluding hydrogens is 272 g/mol. The summed E-state index contributed by atoms with van der Waals surface area (Å²) in [5.41, 5.74) is 1.58. The van der Waals surface area contributed by atoms with Crippen LogP contribution in [0.5, 0.6) is 0 Å². The van der Waals surface area contributed by atoms with Crippen molar-refractivity contribution in [2.45, 2.75) is 38.5 Å². The second-order valence-corrected chi connectivity index (χ2v) is 5.74. The van der Waals surface area contributed by atoms with E-state index in [0.29, 0.717) is 25.8 Å². The lowest BCUT2D eigenvalue weighted by atomic mass is 10.1. The second-order valence-electron chi connectivity index (χ2n) is 5.74. The molecule has 2 fully saturated rings. The van der Waals surface area contributed by atoms with Crippen LogP contribution in [0.3, 0.4) is 0 Å². The predicted molar refractivity (Wildman–Crippen MR) is 77.0 cm³/mol. The number of nitrogens with one attached hydrogen (secondary N) is 1. The molecule has 7 nitrogen and oxygen atoms in total. The van der Waals surface area contributed by atoms with E-state index in [-0.39, 0.29) is 18.6 Å². The van der Waals surface area contributed by atoms with Gasteiger partial charge in [0.2, 0.25) is 5.91 Å². The number of aryl methyl sites for hydroxylation is 2. The van der Waals surface area contributed by atoms with Crippen molar-refractivity contribution >= 4 is 11.7 Å². The number of aliphatic hydroxyl groups excluding tert-OH is 1. The van der Waals surface area contributed by atoms with Gasteiger partial charge in [-0.1, -0.05) is 0 Å². The van der Waals surface area contributed by atoms with E-state index in [1.165, 1.54) is 0 Å². The summed E-state index contributed by atoms with van der Waals surface area (Å²) < 4.78 is 7.22. The number of nitrogens with zero attached hydrogens (tertiary/aromatic N) is 3. The van der Waals surface area contributed by atoms with E-state index in [0.717, 1.165) is 29.9 Å². The van der Waals surface area contributed by atoms with Crippen LogP contribution < -0.4 is 10.2 Å². The van der Waals surface area contributed by atoms with Crippen molar-refractivity contribution in [1.82, 2.24) is 15.1 Å². The highest BCUT2D eigenvalue weighted by Gasteiger charge is 2.35. The fraction of sp³-hybridized carbons (Fsp3) is 0.714. The van der Waals surface area contributed by atoms with Crippen LogP contribution >= 0.6 is 0 Å². The zero-order chi connectivity index (χ0) is 15.0. The number of aliphatic hydroxyl groups is 1. The highest BCUT2D eigenvalue weighted by molar-refractivity contribution is 5.86. The van der Waals surface area contributed by atoms with E-state index < -0.39 is 0 Å². The molecule has 1 aliphatic heterocycles. The molecule has 2 aliphatic rings. The number of ether oxygens (including phenoxy) is 1. The van der Waals surface area contributed by atoms with Gasteiger partial charge in [-0.05, 0) is 19.8 Å². The number of hydrogen-bond acceptors (Lipinski definition) is 5. The third kappa shape index (κ3) is 2.75. The fourth-order valence-corrected chi connectivity index (χ4v) is 2.83. The number of hydrogen-bond donors (Lipinski definition) is 2. The van der Waals surface area contributed by atoms with Crippen LogP contribution in [-0.2, 0) is 23.2 Å². The predicted octanol–water partition coefficient (Wildman–Crippen LogP) is -0.295. The first-order valence-electron chi connectivity index (χ1n) is 7.40. The maximum absolute atomic E-state index is 12.4. The van der Waals surface area contributed by atoms with Crippen LogP contribution in [0.2, 0.25) is 0 Å². The van der Waals surface area contributed by atoms with Gasteiger partial charge in [0.05, 0.1) is 25.5 Å². The summed E-state index contributed by atoms with van der Waals surface area (Å²) >= 11 is 0. The highest BCUT2D eigenvalue weighted by Crippen LogP contribution is 2.27. The Kier molecular flexibility index (Phi) is 3.86. The maximum Gasteiger partial charge on any atom is 0.245 e. The molecule has 1 aromatic heterocycles. The van der Waals surface area contributed by atoms with Gasteiger partial charge in [0, 0.05) is 25.2 Å². The van der Waals surface area contributed by atoms with Gasteiger partial charge in [0.25, 0.3) is 0 Å². The number of carbonyl (C=O) groups excluding carboxylic acids is 1. The minimum atomic E-state index is -0.362. The van der Waals surface area contributed by atoms with Crippen molar-refractivity contribution in [1.29, 1.82) is 0 Å². The normalized spacial score (nSPS) is 22.4. The third-order valence-corrected chi connectivity index (χ3v) is 4.10. The van der Waals surface area contributed by atoms with Gasteiger partial charge in [0.15, 0.2) is 0 Å². The van der Waals surface area contributed by atoms with Gasteiger partial charge in [-0.25, -0.2) is 0 Å². The van der Waals surface area contributed by atoms with Crippen LogP contribution in [0.1, 0.15) is 24.1 Å². The standard InChI is InChI=1S/C14H22N4O3/c1-9-11(7-19)14(17(2)16-9)18-5-6-21-8-12(18)13(20)15-10-3-4-10/h10,12,19H,3-8H2,1-2H3,(H,15,20). The summed E-state index contributed by atoms with van der Waals surface area (Å²) in [7, 11) is 1.84. The number of aromatic nitrogens is 2. The molecule has 1 atom stereocenters. The summed E-state index contributed by atoms with van der Waals surface area (Å²) in [4.78, 5) is 14.4. The molecule has 0 spiro atoms. The van der Waals surface area contributed by atoms with E-state index in [4.69, 9.17) is 4.74 Å². The Hall–Kier alpha value is -1.60. The Morgan fingerprint density at radius 1 is 1.52 bits per heavy atom. The zero-order valence-corrected chi connectivity index (χ0v) is 12.5. The van der Waals surface area contributed by atoms with Crippen molar-refractivity contribution in [3.05, 3.63) is 11.3 Å². The Morgan fingerprint density at radius 2 is 2.29 bits per heavy atom. The second kappa shape index (κ2) is 5.65. The van der Waals surface area contributed by atoms with E-state index >= 15 is 0 Å². The van der Waals surface area contributed by atoms with Crippen molar-refractivity contribution in [3.8, 4) is 0 Å². The highest BCUT2D eigenvalue weighted by atomic mass is 16.5. The van der Waals surface area contributed by atoms with Gasteiger partial charge in [-0.2, -0.15) is 5.10 Å². The molecule has 1 saturated carbocycles. The van der Waals surface area contributed by atoms with E-state index in [1.807, 2.05) is 18.9 Å². The molecule has 0 radical (unpaired) electrons. The number of amides is 1. The minimum Gasteiger partial charge on any atom is -0.391 e. The largest absolute Gasteiger partial charge is 0.391 e. The van der Waals surface area contributed by atoms with Crippen LogP contribution in [-0.4, -0.2) is 52.6 Å². The first-order chi connectivity index (χ1) is 10.1. The minimum absolute atomic E-state index is 0.0000529. The summed E-state index contributed by atoms with van der Waals surface area (Å²) in [5, 5.41) is 17.0. The lowest BCUT2D eigenvalue weighted by Gasteiger charge is -2.36. The molecule has 3 rings (SSSR count). The zero-order valence-electron chi connectivity index (χ0n) is 12.5. The number of morpholine rings is 1.